The molecule has 0 amide bonds. The second-order valence-corrected chi connectivity index (χ2v) is 4.78. The number of hydrogen-bond donors (Lipinski definition) is 1. The maximum absolute atomic E-state index is 5.64. The first-order valence-electron chi connectivity index (χ1n) is 6.54. The van der Waals surface area contributed by atoms with Gasteiger partial charge < -0.3 is 10.1 Å². The zero-order valence-electron chi connectivity index (χ0n) is 10.8. The van der Waals surface area contributed by atoms with Crippen molar-refractivity contribution in [2.45, 2.75) is 31.9 Å². The van der Waals surface area contributed by atoms with E-state index in [1.165, 1.54) is 19.3 Å². The minimum atomic E-state index is 0.436. The maximum Gasteiger partial charge on any atom is 0.179 e. The van der Waals surface area contributed by atoms with Crippen molar-refractivity contribution in [3.63, 3.8) is 0 Å². The molecule has 1 N–H and O–H groups in total. The van der Waals surface area contributed by atoms with E-state index >= 15 is 0 Å². The van der Waals surface area contributed by atoms with Crippen molar-refractivity contribution in [3.8, 4) is 0 Å². The summed E-state index contributed by atoms with van der Waals surface area (Å²) in [4.78, 5) is 0. The van der Waals surface area contributed by atoms with Gasteiger partial charge in [0.2, 0.25) is 0 Å². The van der Waals surface area contributed by atoms with Crippen LogP contribution in [0.4, 0.5) is 0 Å². The van der Waals surface area contributed by atoms with Crippen LogP contribution in [0.5, 0.6) is 0 Å². The third-order valence-corrected chi connectivity index (χ3v) is 3.47. The van der Waals surface area contributed by atoms with Crippen LogP contribution >= 0.6 is 0 Å². The summed E-state index contributed by atoms with van der Waals surface area (Å²) in [6.07, 6.45) is 5.67. The van der Waals surface area contributed by atoms with Gasteiger partial charge in [0.15, 0.2) is 5.88 Å². The van der Waals surface area contributed by atoms with Gasteiger partial charge in [-0.15, -0.1) is 6.58 Å². The molecule has 1 saturated carbocycles. The predicted molar refractivity (Wildman–Crippen MR) is 74.8 cm³/mol. The summed E-state index contributed by atoms with van der Waals surface area (Å²) in [5.41, 5.74) is 1.16. The largest absolute Gasteiger partial charge is 0.475 e. The van der Waals surface area contributed by atoms with E-state index in [9.17, 15) is 0 Å². The van der Waals surface area contributed by atoms with Gasteiger partial charge in [-0.25, -0.2) is 0 Å². The lowest BCUT2D eigenvalue weighted by Gasteiger charge is -2.20. The van der Waals surface area contributed by atoms with Gasteiger partial charge in [-0.2, -0.15) is 0 Å². The Kier molecular flexibility index (Phi) is 4.46. The predicted octanol–water partition coefficient (Wildman–Crippen LogP) is 3.62. The van der Waals surface area contributed by atoms with Crippen LogP contribution in [0, 0.1) is 5.92 Å². The molecule has 0 heterocycles. The Morgan fingerprint density at radius 2 is 2.11 bits per heavy atom. The van der Waals surface area contributed by atoms with Crippen molar-refractivity contribution in [3.05, 3.63) is 61.0 Å². The van der Waals surface area contributed by atoms with Gasteiger partial charge in [-0.3, -0.25) is 0 Å². The summed E-state index contributed by atoms with van der Waals surface area (Å²) in [6.45, 7) is 8.39. The topological polar surface area (TPSA) is 21.3 Å². The number of benzene rings is 1. The van der Waals surface area contributed by atoms with Crippen molar-refractivity contribution >= 4 is 0 Å². The van der Waals surface area contributed by atoms with Crippen molar-refractivity contribution < 1.29 is 4.74 Å². The van der Waals surface area contributed by atoms with Gasteiger partial charge in [0.05, 0.1) is 0 Å². The van der Waals surface area contributed by atoms with E-state index in [1.807, 2.05) is 24.3 Å². The number of hydrogen-bond acceptors (Lipinski definition) is 2. The molecule has 0 unspecified atom stereocenters. The van der Waals surface area contributed by atoms with Crippen LogP contribution < -0.4 is 5.32 Å². The summed E-state index contributed by atoms with van der Waals surface area (Å²) >= 11 is 0. The monoisotopic (exact) mass is 243 g/mol. The minimum absolute atomic E-state index is 0.436. The normalized spacial score (nSPS) is 22.4. The van der Waals surface area contributed by atoms with Gasteiger partial charge in [-0.05, 0) is 30.9 Å². The smallest absolute Gasteiger partial charge is 0.179 e. The lowest BCUT2D eigenvalue weighted by atomic mass is 10.0. The zero-order valence-corrected chi connectivity index (χ0v) is 10.8. The number of nitrogens with one attached hydrogen (secondary N) is 1. The first kappa shape index (κ1) is 12.7. The molecule has 0 aromatic heterocycles. The van der Waals surface area contributed by atoms with Crippen LogP contribution in [-0.2, 0) is 11.3 Å². The highest BCUT2D eigenvalue weighted by Crippen LogP contribution is 2.27. The molecule has 1 aromatic rings. The molecule has 0 saturated heterocycles. The van der Waals surface area contributed by atoms with Gasteiger partial charge >= 0.3 is 0 Å². The SMILES string of the molecule is C=C[C@H]1CCC[C@@H]1NC(=C)OCc1ccccc1. The first-order chi connectivity index (χ1) is 8.79. The fourth-order valence-corrected chi connectivity index (χ4v) is 2.44. The summed E-state index contributed by atoms with van der Waals surface area (Å²) in [6, 6.07) is 10.6. The Balaban J connectivity index is 1.77. The van der Waals surface area contributed by atoms with E-state index in [4.69, 9.17) is 4.74 Å². The average molecular weight is 243 g/mol. The molecule has 1 fully saturated rings. The quantitative estimate of drug-likeness (QED) is 0.608. The molecule has 0 aliphatic heterocycles. The standard InChI is InChI=1S/C16H21NO/c1-3-15-10-7-11-16(15)17-13(2)18-12-14-8-5-4-6-9-14/h3-6,8-9,15-17H,1-2,7,10-12H2/t15-,16-/m0/s1. The van der Waals surface area contributed by atoms with Crippen LogP contribution in [0.25, 0.3) is 0 Å². The molecule has 1 aliphatic rings. The Morgan fingerprint density at radius 1 is 1.33 bits per heavy atom. The lowest BCUT2D eigenvalue weighted by Crippen LogP contribution is -2.31. The van der Waals surface area contributed by atoms with E-state index in [-0.39, 0.29) is 0 Å². The average Bonchev–Trinajstić information content (AvgIpc) is 2.85. The summed E-state index contributed by atoms with van der Waals surface area (Å²) < 4.78 is 5.64. The number of ether oxygens (including phenoxy) is 1. The molecule has 1 aromatic carbocycles. The fourth-order valence-electron chi connectivity index (χ4n) is 2.44. The number of rotatable bonds is 6. The van der Waals surface area contributed by atoms with E-state index in [0.29, 0.717) is 24.4 Å². The van der Waals surface area contributed by atoms with Gasteiger partial charge in [0.25, 0.3) is 0 Å². The Hall–Kier alpha value is -1.70. The Bertz CT molecular complexity index is 399. The van der Waals surface area contributed by atoms with E-state index in [1.54, 1.807) is 0 Å². The van der Waals surface area contributed by atoms with Gasteiger partial charge in [-0.1, -0.05) is 42.8 Å². The molecule has 0 spiro atoms. The lowest BCUT2D eigenvalue weighted by molar-refractivity contribution is 0.169. The van der Waals surface area contributed by atoms with Crippen molar-refractivity contribution in [1.29, 1.82) is 0 Å². The molecule has 0 bridgehead atoms. The molecule has 96 valence electrons. The zero-order chi connectivity index (χ0) is 12.8. The third kappa shape index (κ3) is 3.39. The highest BCUT2D eigenvalue weighted by atomic mass is 16.5. The van der Waals surface area contributed by atoms with Gasteiger partial charge in [0, 0.05) is 6.04 Å². The second-order valence-electron chi connectivity index (χ2n) is 4.78. The fraction of sp³-hybridized carbons (Fsp3) is 0.375. The molecule has 2 nitrogen and oxygen atoms in total. The van der Waals surface area contributed by atoms with Crippen LogP contribution in [0.3, 0.4) is 0 Å². The molecular weight excluding hydrogens is 222 g/mol. The molecule has 2 heteroatoms. The summed E-state index contributed by atoms with van der Waals surface area (Å²) in [5, 5.41) is 3.36. The van der Waals surface area contributed by atoms with E-state index in [2.05, 4.69) is 30.6 Å². The molecule has 0 radical (unpaired) electrons. The molecular formula is C16H21NO. The van der Waals surface area contributed by atoms with Gasteiger partial charge in [0.1, 0.15) is 6.61 Å². The Labute approximate surface area is 109 Å². The highest BCUT2D eigenvalue weighted by Gasteiger charge is 2.24. The maximum atomic E-state index is 5.64. The van der Waals surface area contributed by atoms with Crippen molar-refractivity contribution in [1.82, 2.24) is 5.32 Å². The molecule has 2 rings (SSSR count). The third-order valence-electron chi connectivity index (χ3n) is 3.47. The van der Waals surface area contributed by atoms with Crippen LogP contribution in [0.1, 0.15) is 24.8 Å². The molecule has 2 atom stereocenters. The highest BCUT2D eigenvalue weighted by molar-refractivity contribution is 5.13. The summed E-state index contributed by atoms with van der Waals surface area (Å²) in [7, 11) is 0. The Morgan fingerprint density at radius 3 is 2.83 bits per heavy atom. The molecule has 1 aliphatic carbocycles. The van der Waals surface area contributed by atoms with Crippen LogP contribution in [-0.4, -0.2) is 6.04 Å². The van der Waals surface area contributed by atoms with E-state index < -0.39 is 0 Å². The second kappa shape index (κ2) is 6.29. The summed E-state index contributed by atoms with van der Waals surface area (Å²) in [5.74, 6) is 1.21. The van der Waals surface area contributed by atoms with E-state index in [0.717, 1.165) is 5.56 Å². The van der Waals surface area contributed by atoms with Crippen molar-refractivity contribution in [2.75, 3.05) is 0 Å². The van der Waals surface area contributed by atoms with Crippen LogP contribution in [0.2, 0.25) is 0 Å². The first-order valence-corrected chi connectivity index (χ1v) is 6.54. The molecule has 18 heavy (non-hydrogen) atoms. The van der Waals surface area contributed by atoms with Crippen LogP contribution in [0.15, 0.2) is 55.4 Å². The minimum Gasteiger partial charge on any atom is -0.475 e. The van der Waals surface area contributed by atoms with Crippen molar-refractivity contribution in [2.24, 2.45) is 5.92 Å².